The van der Waals surface area contributed by atoms with Gasteiger partial charge in [-0.2, -0.15) is 0 Å². The Morgan fingerprint density at radius 3 is 2.57 bits per heavy atom. The van der Waals surface area contributed by atoms with E-state index in [0.717, 1.165) is 12.0 Å². The zero-order chi connectivity index (χ0) is 16.8. The van der Waals surface area contributed by atoms with Gasteiger partial charge in [0, 0.05) is 12.7 Å². The highest BCUT2D eigenvalue weighted by molar-refractivity contribution is 5.72. The molecule has 122 valence electrons. The Balaban J connectivity index is 2.24. The molecule has 8 nitrogen and oxygen atoms in total. The summed E-state index contributed by atoms with van der Waals surface area (Å²) in [5.74, 6) is 1.32. The summed E-state index contributed by atoms with van der Waals surface area (Å²) in [6.07, 6.45) is 3.86. The standard InChI is InChI=1S/C15H20N6O2/c1-10(2)6-7-16-14-13(21(22)23)15(19-9-18-14)20-12-5-4-11(3)8-17-12/h4-5,8-10H,6-7H2,1-3H3,(H2,16,17,18,19,20). The molecule has 2 rings (SSSR count). The molecular weight excluding hydrogens is 296 g/mol. The van der Waals surface area contributed by atoms with Crippen molar-refractivity contribution in [3.63, 3.8) is 0 Å². The van der Waals surface area contributed by atoms with Gasteiger partial charge in [-0.1, -0.05) is 19.9 Å². The van der Waals surface area contributed by atoms with E-state index in [1.54, 1.807) is 12.3 Å². The van der Waals surface area contributed by atoms with Crippen LogP contribution in [0.2, 0.25) is 0 Å². The number of pyridine rings is 1. The lowest BCUT2D eigenvalue weighted by molar-refractivity contribution is -0.383. The molecule has 0 spiro atoms. The van der Waals surface area contributed by atoms with Gasteiger partial charge < -0.3 is 10.6 Å². The Morgan fingerprint density at radius 1 is 1.22 bits per heavy atom. The Morgan fingerprint density at radius 2 is 1.96 bits per heavy atom. The lowest BCUT2D eigenvalue weighted by Crippen LogP contribution is -2.10. The number of rotatable bonds is 7. The maximum absolute atomic E-state index is 11.4. The number of nitro groups is 1. The van der Waals surface area contributed by atoms with Gasteiger partial charge in [0.25, 0.3) is 0 Å². The van der Waals surface area contributed by atoms with Crippen LogP contribution in [-0.2, 0) is 0 Å². The van der Waals surface area contributed by atoms with Crippen molar-refractivity contribution >= 4 is 23.1 Å². The van der Waals surface area contributed by atoms with Crippen LogP contribution in [0.5, 0.6) is 0 Å². The molecule has 0 radical (unpaired) electrons. The highest BCUT2D eigenvalue weighted by Gasteiger charge is 2.23. The molecule has 0 saturated heterocycles. The second kappa shape index (κ2) is 7.48. The fourth-order valence-electron chi connectivity index (χ4n) is 1.91. The van der Waals surface area contributed by atoms with Gasteiger partial charge in [0.1, 0.15) is 12.1 Å². The first-order valence-corrected chi connectivity index (χ1v) is 7.40. The molecule has 0 unspecified atom stereocenters. The largest absolute Gasteiger partial charge is 0.364 e. The lowest BCUT2D eigenvalue weighted by Gasteiger charge is -2.10. The van der Waals surface area contributed by atoms with E-state index in [1.165, 1.54) is 6.33 Å². The van der Waals surface area contributed by atoms with Crippen LogP contribution < -0.4 is 10.6 Å². The van der Waals surface area contributed by atoms with Crippen LogP contribution in [0.1, 0.15) is 25.8 Å². The number of aromatic nitrogens is 3. The summed E-state index contributed by atoms with van der Waals surface area (Å²) < 4.78 is 0. The molecule has 0 aromatic carbocycles. The summed E-state index contributed by atoms with van der Waals surface area (Å²) in [5, 5.41) is 17.3. The van der Waals surface area contributed by atoms with Crippen LogP contribution in [-0.4, -0.2) is 26.4 Å². The zero-order valence-electron chi connectivity index (χ0n) is 13.4. The highest BCUT2D eigenvalue weighted by Crippen LogP contribution is 2.30. The Kier molecular flexibility index (Phi) is 5.40. The zero-order valence-corrected chi connectivity index (χ0v) is 13.4. The molecule has 2 aromatic rings. The van der Waals surface area contributed by atoms with Gasteiger partial charge in [0.05, 0.1) is 4.92 Å². The first-order valence-electron chi connectivity index (χ1n) is 7.40. The molecule has 0 aliphatic carbocycles. The third-order valence-electron chi connectivity index (χ3n) is 3.18. The molecule has 0 saturated carbocycles. The molecular formula is C15H20N6O2. The van der Waals surface area contributed by atoms with Crippen molar-refractivity contribution in [1.29, 1.82) is 0 Å². The van der Waals surface area contributed by atoms with E-state index in [9.17, 15) is 10.1 Å². The van der Waals surface area contributed by atoms with E-state index >= 15 is 0 Å². The molecule has 0 bridgehead atoms. The summed E-state index contributed by atoms with van der Waals surface area (Å²) in [6.45, 7) is 6.70. The van der Waals surface area contributed by atoms with Crippen LogP contribution in [0, 0.1) is 23.0 Å². The first kappa shape index (κ1) is 16.6. The highest BCUT2D eigenvalue weighted by atomic mass is 16.6. The maximum atomic E-state index is 11.4. The predicted molar refractivity (Wildman–Crippen MR) is 88.9 cm³/mol. The molecule has 0 atom stereocenters. The predicted octanol–water partition coefficient (Wildman–Crippen LogP) is 3.29. The summed E-state index contributed by atoms with van der Waals surface area (Å²) in [7, 11) is 0. The lowest BCUT2D eigenvalue weighted by atomic mass is 10.1. The summed E-state index contributed by atoms with van der Waals surface area (Å²) in [4.78, 5) is 23.1. The molecule has 0 aliphatic rings. The Labute approximate surface area is 134 Å². The molecule has 0 aliphatic heterocycles. The Bertz CT molecular complexity index is 672. The normalized spacial score (nSPS) is 10.6. The Hall–Kier alpha value is -2.77. The number of nitrogens with one attached hydrogen (secondary N) is 2. The van der Waals surface area contributed by atoms with Gasteiger partial charge in [-0.3, -0.25) is 10.1 Å². The average molecular weight is 316 g/mol. The number of hydrogen-bond acceptors (Lipinski definition) is 7. The van der Waals surface area contributed by atoms with E-state index in [0.29, 0.717) is 18.3 Å². The molecule has 0 amide bonds. The first-order chi connectivity index (χ1) is 11.0. The number of aryl methyl sites for hydroxylation is 1. The molecule has 8 heteroatoms. The topological polar surface area (TPSA) is 106 Å². The van der Waals surface area contributed by atoms with E-state index in [4.69, 9.17) is 0 Å². The second-order valence-electron chi connectivity index (χ2n) is 5.63. The van der Waals surface area contributed by atoms with E-state index in [2.05, 4.69) is 39.4 Å². The van der Waals surface area contributed by atoms with Crippen LogP contribution in [0.25, 0.3) is 0 Å². The maximum Gasteiger partial charge on any atom is 0.353 e. The van der Waals surface area contributed by atoms with Crippen molar-refractivity contribution in [2.75, 3.05) is 17.2 Å². The third-order valence-corrected chi connectivity index (χ3v) is 3.18. The minimum atomic E-state index is -0.492. The van der Waals surface area contributed by atoms with Crippen molar-refractivity contribution in [1.82, 2.24) is 15.0 Å². The minimum absolute atomic E-state index is 0.119. The minimum Gasteiger partial charge on any atom is -0.364 e. The molecule has 2 aromatic heterocycles. The third kappa shape index (κ3) is 4.60. The van der Waals surface area contributed by atoms with Gasteiger partial charge in [0.15, 0.2) is 0 Å². The monoisotopic (exact) mass is 316 g/mol. The van der Waals surface area contributed by atoms with Crippen molar-refractivity contribution in [3.05, 3.63) is 40.3 Å². The van der Waals surface area contributed by atoms with Gasteiger partial charge in [-0.15, -0.1) is 0 Å². The van der Waals surface area contributed by atoms with Crippen molar-refractivity contribution in [2.24, 2.45) is 5.92 Å². The van der Waals surface area contributed by atoms with Crippen LogP contribution in [0.3, 0.4) is 0 Å². The smallest absolute Gasteiger partial charge is 0.353 e. The van der Waals surface area contributed by atoms with Crippen LogP contribution in [0.15, 0.2) is 24.7 Å². The summed E-state index contributed by atoms with van der Waals surface area (Å²) in [5.41, 5.74) is 0.822. The summed E-state index contributed by atoms with van der Waals surface area (Å²) in [6, 6.07) is 3.61. The van der Waals surface area contributed by atoms with E-state index < -0.39 is 4.92 Å². The van der Waals surface area contributed by atoms with E-state index in [-0.39, 0.29) is 17.3 Å². The fraction of sp³-hybridized carbons (Fsp3) is 0.400. The van der Waals surface area contributed by atoms with Gasteiger partial charge in [-0.25, -0.2) is 15.0 Å². The molecule has 23 heavy (non-hydrogen) atoms. The van der Waals surface area contributed by atoms with Crippen LogP contribution >= 0.6 is 0 Å². The van der Waals surface area contributed by atoms with Gasteiger partial charge in [0.2, 0.25) is 11.6 Å². The van der Waals surface area contributed by atoms with Crippen molar-refractivity contribution in [3.8, 4) is 0 Å². The van der Waals surface area contributed by atoms with E-state index in [1.807, 2.05) is 13.0 Å². The van der Waals surface area contributed by atoms with Gasteiger partial charge >= 0.3 is 5.69 Å². The number of anilines is 3. The number of hydrogen-bond donors (Lipinski definition) is 2. The quantitative estimate of drug-likeness (QED) is 0.596. The summed E-state index contributed by atoms with van der Waals surface area (Å²) >= 11 is 0. The van der Waals surface area contributed by atoms with Crippen molar-refractivity contribution < 1.29 is 4.92 Å². The average Bonchev–Trinajstić information content (AvgIpc) is 2.49. The number of nitrogens with zero attached hydrogens (tertiary/aromatic N) is 4. The molecule has 2 heterocycles. The van der Waals surface area contributed by atoms with Crippen LogP contribution in [0.4, 0.5) is 23.1 Å². The molecule has 2 N–H and O–H groups in total. The second-order valence-corrected chi connectivity index (χ2v) is 5.63. The molecule has 0 fully saturated rings. The van der Waals surface area contributed by atoms with Gasteiger partial charge in [-0.05, 0) is 30.9 Å². The van der Waals surface area contributed by atoms with Crippen molar-refractivity contribution in [2.45, 2.75) is 27.2 Å². The SMILES string of the molecule is Cc1ccc(Nc2ncnc(NCCC(C)C)c2[N+](=O)[O-])nc1. The fourth-order valence-corrected chi connectivity index (χ4v) is 1.91.